The number of ether oxygens (including phenoxy) is 1. The van der Waals surface area contributed by atoms with Crippen LogP contribution in [0.25, 0.3) is 6.08 Å². The van der Waals surface area contributed by atoms with Crippen LogP contribution in [0, 0.1) is 5.82 Å². The molecule has 0 heterocycles. The first-order chi connectivity index (χ1) is 9.06. The lowest BCUT2D eigenvalue weighted by Crippen LogP contribution is -2.20. The van der Waals surface area contributed by atoms with Crippen LogP contribution in [0.5, 0.6) is 0 Å². The summed E-state index contributed by atoms with van der Waals surface area (Å²) in [6.07, 6.45) is 3.62. The van der Waals surface area contributed by atoms with Gasteiger partial charge in [-0.05, 0) is 37.1 Å². The van der Waals surface area contributed by atoms with E-state index >= 15 is 0 Å². The summed E-state index contributed by atoms with van der Waals surface area (Å²) in [6, 6.07) is 4.43. The summed E-state index contributed by atoms with van der Waals surface area (Å²) in [6.45, 7) is 0. The van der Waals surface area contributed by atoms with Crippen molar-refractivity contribution in [2.24, 2.45) is 0 Å². The molecule has 1 saturated carbocycles. The van der Waals surface area contributed by atoms with E-state index in [1.165, 1.54) is 12.1 Å². The van der Waals surface area contributed by atoms with Gasteiger partial charge in [0.1, 0.15) is 5.82 Å². The smallest absolute Gasteiger partial charge is 0.331 e. The van der Waals surface area contributed by atoms with Gasteiger partial charge in [-0.25, -0.2) is 9.18 Å². The highest BCUT2D eigenvalue weighted by Gasteiger charge is 2.27. The second-order valence-corrected chi connectivity index (χ2v) is 5.20. The molecule has 1 aliphatic rings. The Kier molecular flexibility index (Phi) is 4.47. The number of carbonyl (C=O) groups excluding carboxylic acids is 2. The van der Waals surface area contributed by atoms with Gasteiger partial charge in [-0.3, -0.25) is 4.79 Å². The molecule has 0 saturated heterocycles. The Labute approximate surface area is 118 Å². The molecule has 0 amide bonds. The first kappa shape index (κ1) is 13.9. The van der Waals surface area contributed by atoms with Crippen molar-refractivity contribution in [1.82, 2.24) is 0 Å². The summed E-state index contributed by atoms with van der Waals surface area (Å²) in [5.74, 6) is -1.10. The molecule has 0 spiro atoms. The van der Waals surface area contributed by atoms with Gasteiger partial charge in [0.15, 0.2) is 11.9 Å². The first-order valence-electron chi connectivity index (χ1n) is 5.93. The van der Waals surface area contributed by atoms with Gasteiger partial charge in [0.05, 0.1) is 0 Å². The van der Waals surface area contributed by atoms with Gasteiger partial charge >= 0.3 is 5.97 Å². The molecule has 19 heavy (non-hydrogen) atoms. The zero-order valence-corrected chi connectivity index (χ0v) is 11.7. The summed E-state index contributed by atoms with van der Waals surface area (Å²) >= 11 is 3.22. The molecule has 0 aliphatic heterocycles. The van der Waals surface area contributed by atoms with Crippen molar-refractivity contribution in [3.05, 3.63) is 40.1 Å². The highest BCUT2D eigenvalue weighted by Crippen LogP contribution is 2.19. The van der Waals surface area contributed by atoms with E-state index in [9.17, 15) is 14.0 Å². The highest BCUT2D eigenvalue weighted by molar-refractivity contribution is 9.10. The summed E-state index contributed by atoms with van der Waals surface area (Å²) in [5.41, 5.74) is 0.282. The number of benzene rings is 1. The van der Waals surface area contributed by atoms with Crippen molar-refractivity contribution in [2.75, 3.05) is 0 Å². The Hall–Kier alpha value is -1.49. The first-order valence-corrected chi connectivity index (χ1v) is 6.72. The van der Waals surface area contributed by atoms with Crippen molar-refractivity contribution in [1.29, 1.82) is 0 Å². The fraction of sp³-hybridized carbons (Fsp3) is 0.286. The molecule has 5 heteroatoms. The predicted molar refractivity (Wildman–Crippen MR) is 71.9 cm³/mol. The number of esters is 1. The summed E-state index contributed by atoms with van der Waals surface area (Å²) in [7, 11) is 0. The molecular weight excluding hydrogens is 315 g/mol. The maximum Gasteiger partial charge on any atom is 0.331 e. The lowest BCUT2D eigenvalue weighted by molar-refractivity contribution is -0.148. The molecule has 1 fully saturated rings. The van der Waals surface area contributed by atoms with Crippen LogP contribution in [0.2, 0.25) is 0 Å². The molecule has 1 aromatic carbocycles. The van der Waals surface area contributed by atoms with E-state index in [2.05, 4.69) is 15.9 Å². The Balaban J connectivity index is 2.00. The Bertz CT molecular complexity index is 539. The summed E-state index contributed by atoms with van der Waals surface area (Å²) in [4.78, 5) is 22.8. The zero-order chi connectivity index (χ0) is 13.8. The third-order valence-corrected chi connectivity index (χ3v) is 3.36. The van der Waals surface area contributed by atoms with E-state index < -0.39 is 17.9 Å². The van der Waals surface area contributed by atoms with E-state index in [1.54, 1.807) is 12.1 Å². The van der Waals surface area contributed by atoms with Crippen LogP contribution in [-0.2, 0) is 14.3 Å². The van der Waals surface area contributed by atoms with Crippen molar-refractivity contribution in [3.63, 3.8) is 0 Å². The van der Waals surface area contributed by atoms with Crippen LogP contribution < -0.4 is 0 Å². The number of rotatable bonds is 3. The van der Waals surface area contributed by atoms with Crippen LogP contribution in [0.15, 0.2) is 28.7 Å². The zero-order valence-electron chi connectivity index (χ0n) is 10.1. The highest BCUT2D eigenvalue weighted by atomic mass is 79.9. The van der Waals surface area contributed by atoms with Crippen molar-refractivity contribution >= 4 is 33.8 Å². The van der Waals surface area contributed by atoms with Crippen molar-refractivity contribution in [3.8, 4) is 0 Å². The third kappa shape index (κ3) is 3.73. The molecule has 0 N–H and O–H groups in total. The molecule has 1 aromatic rings. The topological polar surface area (TPSA) is 43.4 Å². The number of hydrogen-bond acceptors (Lipinski definition) is 3. The van der Waals surface area contributed by atoms with E-state index in [-0.39, 0.29) is 11.3 Å². The SMILES string of the molecule is O=C(C=Cc1cc(Br)ccc1F)OC1CCCC1=O. The maximum absolute atomic E-state index is 13.4. The monoisotopic (exact) mass is 326 g/mol. The Morgan fingerprint density at radius 2 is 2.26 bits per heavy atom. The maximum atomic E-state index is 13.4. The summed E-state index contributed by atoms with van der Waals surface area (Å²) < 4.78 is 19.1. The van der Waals surface area contributed by atoms with Crippen molar-refractivity contribution in [2.45, 2.75) is 25.4 Å². The predicted octanol–water partition coefficient (Wildman–Crippen LogP) is 3.27. The second-order valence-electron chi connectivity index (χ2n) is 4.28. The van der Waals surface area contributed by atoms with Gasteiger partial charge in [-0.15, -0.1) is 0 Å². The number of carbonyl (C=O) groups is 2. The molecular formula is C14H12BrFO3. The van der Waals surface area contributed by atoms with Crippen LogP contribution in [0.3, 0.4) is 0 Å². The Morgan fingerprint density at radius 3 is 2.95 bits per heavy atom. The van der Waals surface area contributed by atoms with Crippen LogP contribution in [0.1, 0.15) is 24.8 Å². The number of halogens is 2. The van der Waals surface area contributed by atoms with E-state index in [4.69, 9.17) is 4.74 Å². The van der Waals surface area contributed by atoms with Gasteiger partial charge in [-0.2, -0.15) is 0 Å². The average Bonchev–Trinajstić information content (AvgIpc) is 2.76. The third-order valence-electron chi connectivity index (χ3n) is 2.86. The lowest BCUT2D eigenvalue weighted by atomic mass is 10.2. The summed E-state index contributed by atoms with van der Waals surface area (Å²) in [5, 5.41) is 0. The van der Waals surface area contributed by atoms with E-state index in [0.717, 1.165) is 12.5 Å². The molecule has 2 rings (SSSR count). The van der Waals surface area contributed by atoms with E-state index in [0.29, 0.717) is 17.3 Å². The fourth-order valence-electron chi connectivity index (χ4n) is 1.89. The minimum atomic E-state index is -0.635. The molecule has 3 nitrogen and oxygen atoms in total. The quantitative estimate of drug-likeness (QED) is 0.632. The molecule has 0 radical (unpaired) electrons. The lowest BCUT2D eigenvalue weighted by Gasteiger charge is -2.07. The molecule has 0 aromatic heterocycles. The fourth-order valence-corrected chi connectivity index (χ4v) is 2.27. The molecule has 1 unspecified atom stereocenters. The molecule has 0 bridgehead atoms. The molecule has 100 valence electrons. The van der Waals surface area contributed by atoms with Crippen LogP contribution >= 0.6 is 15.9 Å². The largest absolute Gasteiger partial charge is 0.451 e. The van der Waals surface area contributed by atoms with Crippen molar-refractivity contribution < 1.29 is 18.7 Å². The average molecular weight is 327 g/mol. The number of ketones is 1. The Morgan fingerprint density at radius 1 is 1.47 bits per heavy atom. The molecule has 1 aliphatic carbocycles. The van der Waals surface area contributed by atoms with Gasteiger partial charge in [0.25, 0.3) is 0 Å². The minimum Gasteiger partial charge on any atom is -0.451 e. The van der Waals surface area contributed by atoms with Gasteiger partial charge < -0.3 is 4.74 Å². The van der Waals surface area contributed by atoms with Crippen LogP contribution in [-0.4, -0.2) is 17.9 Å². The van der Waals surface area contributed by atoms with E-state index in [1.807, 2.05) is 0 Å². The van der Waals surface area contributed by atoms with Gasteiger partial charge in [-0.1, -0.05) is 15.9 Å². The van der Waals surface area contributed by atoms with Gasteiger partial charge in [0, 0.05) is 22.5 Å². The van der Waals surface area contributed by atoms with Crippen LogP contribution in [0.4, 0.5) is 4.39 Å². The normalized spacial score (nSPS) is 19.1. The standard InChI is InChI=1S/C14H12BrFO3/c15-10-5-6-11(16)9(8-10)4-7-14(18)19-13-3-1-2-12(13)17/h4-8,13H,1-3H2. The second kappa shape index (κ2) is 6.10. The van der Waals surface area contributed by atoms with Gasteiger partial charge in [0.2, 0.25) is 0 Å². The molecule has 1 atom stereocenters. The number of Topliss-reactive ketones (excluding diaryl/α,β-unsaturated/α-hetero) is 1. The minimum absolute atomic E-state index is 0.0459. The number of hydrogen-bond donors (Lipinski definition) is 0.